The van der Waals surface area contributed by atoms with Crippen LogP contribution in [0.1, 0.15) is 181 Å². The van der Waals surface area contributed by atoms with Gasteiger partial charge in [-0.15, -0.1) is 0 Å². The molecule has 0 radical (unpaired) electrons. The summed E-state index contributed by atoms with van der Waals surface area (Å²) in [6.07, 6.45) is 40.4. The molecule has 10 heteroatoms. The predicted molar refractivity (Wildman–Crippen MR) is 224 cm³/mol. The lowest BCUT2D eigenvalue weighted by atomic mass is 10.0. The number of rotatable bonds is 39. The molecule has 0 saturated carbocycles. The van der Waals surface area contributed by atoms with Crippen LogP contribution in [0.2, 0.25) is 0 Å². The number of esters is 2. The first-order valence-corrected chi connectivity index (χ1v) is 23.2. The molecule has 9 nitrogen and oxygen atoms in total. The second-order valence-electron chi connectivity index (χ2n) is 15.7. The monoisotopic (exact) mass is 785 g/mol. The van der Waals surface area contributed by atoms with Gasteiger partial charge in [0.1, 0.15) is 19.8 Å². The molecule has 1 unspecified atom stereocenters. The first-order chi connectivity index (χ1) is 26.0. The quantitative estimate of drug-likeness (QED) is 0.0216. The van der Waals surface area contributed by atoms with Crippen LogP contribution >= 0.6 is 7.82 Å². The molecule has 2 atom stereocenters. The van der Waals surface area contributed by atoms with Crippen LogP contribution in [0, 0.1) is 0 Å². The Labute approximate surface area is 331 Å². The van der Waals surface area contributed by atoms with Crippen molar-refractivity contribution in [1.29, 1.82) is 0 Å². The average Bonchev–Trinajstić information content (AvgIpc) is 3.12. The van der Waals surface area contributed by atoms with E-state index in [9.17, 15) is 19.0 Å². The van der Waals surface area contributed by atoms with Crippen molar-refractivity contribution in [2.45, 2.75) is 187 Å². The van der Waals surface area contributed by atoms with E-state index in [0.717, 1.165) is 70.6 Å². The molecule has 0 aliphatic carbocycles. The maximum Gasteiger partial charge on any atom is 0.472 e. The van der Waals surface area contributed by atoms with E-state index >= 15 is 0 Å². The third-order valence-corrected chi connectivity index (χ3v) is 10.2. The molecule has 0 rings (SSSR count). The van der Waals surface area contributed by atoms with E-state index < -0.39 is 26.5 Å². The zero-order valence-electron chi connectivity index (χ0n) is 35.5. The Hall–Kier alpha value is -1.77. The number of carbonyl (C=O) groups excluding carboxylic acids is 2. The molecule has 316 valence electrons. The summed E-state index contributed by atoms with van der Waals surface area (Å²) < 4.78 is 34.3. The van der Waals surface area contributed by atoms with Crippen LogP contribution in [0.25, 0.3) is 0 Å². The Morgan fingerprint density at radius 3 is 1.57 bits per heavy atom. The number of unbranched alkanes of at least 4 members (excludes halogenated alkanes) is 19. The first-order valence-electron chi connectivity index (χ1n) is 21.7. The highest BCUT2D eigenvalue weighted by Crippen LogP contribution is 2.43. The summed E-state index contributed by atoms with van der Waals surface area (Å²) in [6, 6.07) is 0. The van der Waals surface area contributed by atoms with Crippen LogP contribution in [0.5, 0.6) is 0 Å². The Morgan fingerprint density at radius 1 is 0.593 bits per heavy atom. The normalized spacial score (nSPS) is 14.0. The number of likely N-dealkylation sites (N-methyl/N-ethyl adjacent to an activating group) is 1. The maximum absolute atomic E-state index is 12.7. The van der Waals surface area contributed by atoms with Crippen molar-refractivity contribution in [2.75, 3.05) is 47.5 Å². The van der Waals surface area contributed by atoms with Gasteiger partial charge in [0.25, 0.3) is 0 Å². The number of hydrogen-bond donors (Lipinski definition) is 1. The Morgan fingerprint density at radius 2 is 1.06 bits per heavy atom. The molecular formula is C44H83NO8P+. The zero-order chi connectivity index (χ0) is 40.0. The van der Waals surface area contributed by atoms with Gasteiger partial charge in [-0.25, -0.2) is 4.57 Å². The smallest absolute Gasteiger partial charge is 0.462 e. The summed E-state index contributed by atoms with van der Waals surface area (Å²) in [4.78, 5) is 35.3. The second kappa shape index (κ2) is 36.8. The number of nitrogens with zero attached hydrogens (tertiary/aromatic N) is 1. The summed E-state index contributed by atoms with van der Waals surface area (Å²) in [7, 11) is 1.47. The Kier molecular flexibility index (Phi) is 35.6. The van der Waals surface area contributed by atoms with Gasteiger partial charge in [0.2, 0.25) is 0 Å². The third kappa shape index (κ3) is 39.9. The van der Waals surface area contributed by atoms with E-state index in [1.807, 2.05) is 21.1 Å². The maximum atomic E-state index is 12.7. The van der Waals surface area contributed by atoms with Crippen LogP contribution in [0.15, 0.2) is 36.5 Å². The molecule has 0 aliphatic rings. The number of phosphoric acid groups is 1. The van der Waals surface area contributed by atoms with Crippen LogP contribution in [-0.2, 0) is 32.7 Å². The minimum atomic E-state index is -4.37. The number of ether oxygens (including phenoxy) is 2. The molecule has 1 N–H and O–H groups in total. The third-order valence-electron chi connectivity index (χ3n) is 9.18. The van der Waals surface area contributed by atoms with Gasteiger partial charge in [-0.05, 0) is 44.9 Å². The van der Waals surface area contributed by atoms with Crippen molar-refractivity contribution in [3.63, 3.8) is 0 Å². The van der Waals surface area contributed by atoms with Gasteiger partial charge in [0.05, 0.1) is 27.7 Å². The molecule has 0 aromatic carbocycles. The van der Waals surface area contributed by atoms with Gasteiger partial charge in [-0.3, -0.25) is 18.6 Å². The SMILES string of the molecule is CC/C=C/C/C=C/C/C=C/CCCCCCCC(=O)OC[C@H](COP(=O)(O)OCC[N+](C)(C)C)OC(=O)CCCCCCCCCCCCCCCCC. The molecule has 0 fully saturated rings. The van der Waals surface area contributed by atoms with Gasteiger partial charge in [0.15, 0.2) is 6.10 Å². The van der Waals surface area contributed by atoms with E-state index in [0.29, 0.717) is 17.4 Å². The van der Waals surface area contributed by atoms with Gasteiger partial charge in [0, 0.05) is 12.8 Å². The van der Waals surface area contributed by atoms with Crippen molar-refractivity contribution < 1.29 is 42.1 Å². The van der Waals surface area contributed by atoms with E-state index in [2.05, 4.69) is 50.3 Å². The molecular weight excluding hydrogens is 701 g/mol. The van der Waals surface area contributed by atoms with Gasteiger partial charge in [-0.1, -0.05) is 159 Å². The first kappa shape index (κ1) is 52.2. The molecule has 0 spiro atoms. The van der Waals surface area contributed by atoms with E-state index in [-0.39, 0.29) is 32.0 Å². The summed E-state index contributed by atoms with van der Waals surface area (Å²) in [5, 5.41) is 0. The lowest BCUT2D eigenvalue weighted by molar-refractivity contribution is -0.870. The van der Waals surface area contributed by atoms with Crippen molar-refractivity contribution in [3.8, 4) is 0 Å². The molecule has 54 heavy (non-hydrogen) atoms. The molecule has 0 bridgehead atoms. The van der Waals surface area contributed by atoms with Crippen LogP contribution in [0.4, 0.5) is 0 Å². The topological polar surface area (TPSA) is 108 Å². The Balaban J connectivity index is 4.38. The molecule has 0 aromatic rings. The van der Waals surface area contributed by atoms with E-state index in [1.165, 1.54) is 77.0 Å². The number of allylic oxidation sites excluding steroid dienone is 6. The fraction of sp³-hybridized carbons (Fsp3) is 0.818. The fourth-order valence-electron chi connectivity index (χ4n) is 5.79. The molecule has 0 aromatic heterocycles. The van der Waals surface area contributed by atoms with Crippen LogP contribution in [-0.4, -0.2) is 74.9 Å². The number of hydrogen-bond acceptors (Lipinski definition) is 7. The van der Waals surface area contributed by atoms with Gasteiger partial charge in [-0.2, -0.15) is 0 Å². The second-order valence-corrected chi connectivity index (χ2v) is 17.2. The highest BCUT2D eigenvalue weighted by atomic mass is 31.2. The molecule has 0 heterocycles. The highest BCUT2D eigenvalue weighted by Gasteiger charge is 2.27. The van der Waals surface area contributed by atoms with Crippen molar-refractivity contribution in [2.24, 2.45) is 0 Å². The standard InChI is InChI=1S/C44H82NO8P/c1-6-8-10-12-14-16-18-20-22-24-26-28-30-32-34-36-43(46)50-40-42(41-52-54(48,49)51-39-38-45(3,4)5)53-44(47)37-35-33-31-29-27-25-23-21-19-17-15-13-11-9-7-2/h8,10,14,16,20,22,42H,6-7,9,11-13,15,17-19,21,23-41H2,1-5H3/p+1/b10-8+,16-14+,22-20+/t42-/m1/s1. The van der Waals surface area contributed by atoms with E-state index in [1.54, 1.807) is 0 Å². The lowest BCUT2D eigenvalue weighted by Crippen LogP contribution is -2.37. The fourth-order valence-corrected chi connectivity index (χ4v) is 6.53. The lowest BCUT2D eigenvalue weighted by Gasteiger charge is -2.24. The highest BCUT2D eigenvalue weighted by molar-refractivity contribution is 7.47. The summed E-state index contributed by atoms with van der Waals surface area (Å²) in [6.45, 7) is 4.30. The minimum absolute atomic E-state index is 0.0294. The predicted octanol–water partition coefficient (Wildman–Crippen LogP) is 12.1. The Bertz CT molecular complexity index is 1020. The zero-order valence-corrected chi connectivity index (χ0v) is 36.3. The number of carbonyl (C=O) groups is 2. The molecule has 0 amide bonds. The number of phosphoric ester groups is 1. The van der Waals surface area contributed by atoms with Crippen molar-refractivity contribution in [1.82, 2.24) is 0 Å². The van der Waals surface area contributed by atoms with Gasteiger partial charge < -0.3 is 18.9 Å². The van der Waals surface area contributed by atoms with Crippen LogP contribution in [0.3, 0.4) is 0 Å². The number of quaternary nitrogens is 1. The summed E-state index contributed by atoms with van der Waals surface area (Å²) in [5.74, 6) is -0.815. The molecule has 0 aliphatic heterocycles. The van der Waals surface area contributed by atoms with Crippen LogP contribution < -0.4 is 0 Å². The van der Waals surface area contributed by atoms with Gasteiger partial charge >= 0.3 is 19.8 Å². The summed E-state index contributed by atoms with van der Waals surface area (Å²) in [5.41, 5.74) is 0. The largest absolute Gasteiger partial charge is 0.472 e. The van der Waals surface area contributed by atoms with Crippen molar-refractivity contribution >= 4 is 19.8 Å². The molecule has 0 saturated heterocycles. The van der Waals surface area contributed by atoms with E-state index in [4.69, 9.17) is 18.5 Å². The minimum Gasteiger partial charge on any atom is -0.462 e. The average molecular weight is 785 g/mol. The van der Waals surface area contributed by atoms with Crippen molar-refractivity contribution in [3.05, 3.63) is 36.5 Å². The summed E-state index contributed by atoms with van der Waals surface area (Å²) >= 11 is 0.